The second-order valence-electron chi connectivity index (χ2n) is 6.75. The number of alkyl halides is 6. The fourth-order valence-electron chi connectivity index (χ4n) is 2.77. The molecule has 0 saturated heterocycles. The van der Waals surface area contributed by atoms with Gasteiger partial charge in [0.25, 0.3) is 5.91 Å². The number of hydrogen-bond acceptors (Lipinski definition) is 2. The molecule has 0 unspecified atom stereocenters. The molecular formula is C22H15F6NO2S. The summed E-state index contributed by atoms with van der Waals surface area (Å²) in [5.41, 5.74) is -1.18. The standard InChI is InChI=1S/C22H15F6NO2S/c23-21(24,25)16-4-1-3-15(11-16)20(30)29-18-9-7-14(8-10-18)13-32(31)19-6-2-5-17(12-19)22(26,27)28/h1-12H,13H2,(H,29,30)/t32-/m1/s1. The third-order valence-corrected chi connectivity index (χ3v) is 5.76. The van der Waals surface area contributed by atoms with Gasteiger partial charge in [-0.1, -0.05) is 24.3 Å². The summed E-state index contributed by atoms with van der Waals surface area (Å²) in [6.45, 7) is 0. The maximum Gasteiger partial charge on any atom is 0.416 e. The highest BCUT2D eigenvalue weighted by Crippen LogP contribution is 2.31. The van der Waals surface area contributed by atoms with Gasteiger partial charge < -0.3 is 5.32 Å². The van der Waals surface area contributed by atoms with Crippen molar-refractivity contribution < 1.29 is 35.3 Å². The van der Waals surface area contributed by atoms with E-state index in [-0.39, 0.29) is 16.2 Å². The first-order valence-electron chi connectivity index (χ1n) is 9.07. The molecule has 0 saturated carbocycles. The van der Waals surface area contributed by atoms with Crippen LogP contribution in [0.2, 0.25) is 0 Å². The Morgan fingerprint density at radius 1 is 0.781 bits per heavy atom. The van der Waals surface area contributed by atoms with Crippen molar-refractivity contribution in [2.24, 2.45) is 0 Å². The molecule has 0 aliphatic rings. The summed E-state index contributed by atoms with van der Waals surface area (Å²) in [5, 5.41) is 2.47. The molecule has 0 spiro atoms. The third-order valence-electron chi connectivity index (χ3n) is 4.39. The normalized spacial score (nSPS) is 12.9. The fraction of sp³-hybridized carbons (Fsp3) is 0.136. The van der Waals surface area contributed by atoms with E-state index in [1.54, 1.807) is 0 Å². The third kappa shape index (κ3) is 5.97. The number of benzene rings is 3. The number of rotatable bonds is 5. The van der Waals surface area contributed by atoms with Crippen LogP contribution in [0.3, 0.4) is 0 Å². The molecule has 10 heteroatoms. The summed E-state index contributed by atoms with van der Waals surface area (Å²) < 4.78 is 89.3. The summed E-state index contributed by atoms with van der Waals surface area (Å²) in [6.07, 6.45) is -9.12. The van der Waals surface area contributed by atoms with Crippen LogP contribution in [0, 0.1) is 0 Å². The van der Waals surface area contributed by atoms with Crippen LogP contribution in [0.5, 0.6) is 0 Å². The molecule has 3 nitrogen and oxygen atoms in total. The minimum absolute atomic E-state index is 0.0294. The smallest absolute Gasteiger partial charge is 0.322 e. The highest BCUT2D eigenvalue weighted by atomic mass is 32.2. The second-order valence-corrected chi connectivity index (χ2v) is 8.20. The molecule has 3 aromatic rings. The van der Waals surface area contributed by atoms with Crippen LogP contribution >= 0.6 is 0 Å². The van der Waals surface area contributed by atoms with Gasteiger partial charge in [0.15, 0.2) is 0 Å². The zero-order valence-corrected chi connectivity index (χ0v) is 16.9. The minimum Gasteiger partial charge on any atom is -0.322 e. The highest BCUT2D eigenvalue weighted by molar-refractivity contribution is 7.84. The van der Waals surface area contributed by atoms with E-state index in [0.29, 0.717) is 11.3 Å². The van der Waals surface area contributed by atoms with Crippen molar-refractivity contribution >= 4 is 22.4 Å². The average Bonchev–Trinajstić information content (AvgIpc) is 2.74. The lowest BCUT2D eigenvalue weighted by molar-refractivity contribution is -0.138. The lowest BCUT2D eigenvalue weighted by Gasteiger charge is -2.10. The summed E-state index contributed by atoms with van der Waals surface area (Å²) in [4.78, 5) is 12.3. The minimum atomic E-state index is -4.58. The molecule has 168 valence electrons. The Morgan fingerprint density at radius 3 is 1.94 bits per heavy atom. The van der Waals surface area contributed by atoms with Gasteiger partial charge in [-0.2, -0.15) is 26.3 Å². The van der Waals surface area contributed by atoms with Gasteiger partial charge in [-0.3, -0.25) is 9.00 Å². The zero-order chi connectivity index (χ0) is 23.5. The van der Waals surface area contributed by atoms with E-state index in [1.165, 1.54) is 42.5 Å². The maximum atomic E-state index is 12.8. The Kier molecular flexibility index (Phi) is 6.73. The van der Waals surface area contributed by atoms with Gasteiger partial charge in [0.2, 0.25) is 0 Å². The van der Waals surface area contributed by atoms with Crippen LogP contribution in [-0.4, -0.2) is 10.1 Å². The fourth-order valence-corrected chi connectivity index (χ4v) is 3.92. The number of halogens is 6. The summed E-state index contributed by atoms with van der Waals surface area (Å²) >= 11 is 0. The monoisotopic (exact) mass is 471 g/mol. The quantitative estimate of drug-likeness (QED) is 0.445. The van der Waals surface area contributed by atoms with Gasteiger partial charge in [-0.25, -0.2) is 0 Å². The largest absolute Gasteiger partial charge is 0.416 e. The Morgan fingerprint density at radius 2 is 1.34 bits per heavy atom. The average molecular weight is 471 g/mol. The summed E-state index contributed by atoms with van der Waals surface area (Å²) in [5.74, 6) is -0.792. The predicted octanol–water partition coefficient (Wildman–Crippen LogP) is 6.28. The molecule has 0 fully saturated rings. The molecule has 3 rings (SSSR count). The topological polar surface area (TPSA) is 46.2 Å². The van der Waals surface area contributed by atoms with E-state index in [0.717, 1.165) is 30.3 Å². The van der Waals surface area contributed by atoms with Gasteiger partial charge in [0, 0.05) is 16.1 Å². The molecule has 1 amide bonds. The van der Waals surface area contributed by atoms with E-state index >= 15 is 0 Å². The number of amides is 1. The first-order valence-corrected chi connectivity index (χ1v) is 10.4. The number of anilines is 1. The van der Waals surface area contributed by atoms with Crippen molar-refractivity contribution in [1.82, 2.24) is 0 Å². The molecule has 0 radical (unpaired) electrons. The van der Waals surface area contributed by atoms with Crippen molar-refractivity contribution in [2.45, 2.75) is 23.0 Å². The van der Waals surface area contributed by atoms with Crippen molar-refractivity contribution in [3.05, 3.63) is 95.1 Å². The second kappa shape index (κ2) is 9.15. The predicted molar refractivity (Wildman–Crippen MR) is 107 cm³/mol. The van der Waals surface area contributed by atoms with Crippen LogP contribution in [0.25, 0.3) is 0 Å². The van der Waals surface area contributed by atoms with E-state index in [9.17, 15) is 35.3 Å². The number of carbonyl (C=O) groups excluding carboxylic acids is 1. The van der Waals surface area contributed by atoms with Crippen LogP contribution < -0.4 is 5.32 Å². The molecule has 0 aliphatic heterocycles. The maximum absolute atomic E-state index is 12.8. The van der Waals surface area contributed by atoms with Gasteiger partial charge in [-0.05, 0) is 54.1 Å². The van der Waals surface area contributed by atoms with Crippen molar-refractivity contribution in [2.75, 3.05) is 5.32 Å². The van der Waals surface area contributed by atoms with Gasteiger partial charge in [0.05, 0.1) is 27.7 Å². The Labute approximate surface area is 181 Å². The SMILES string of the molecule is O=C(Nc1ccc(C[S@@](=O)c2cccc(C(F)(F)F)c2)cc1)c1cccc(C(F)(F)F)c1. The van der Waals surface area contributed by atoms with Crippen LogP contribution in [0.1, 0.15) is 27.0 Å². The molecule has 0 aliphatic carbocycles. The van der Waals surface area contributed by atoms with Gasteiger partial charge >= 0.3 is 12.4 Å². The molecule has 1 atom stereocenters. The highest BCUT2D eigenvalue weighted by Gasteiger charge is 2.31. The number of nitrogens with one attached hydrogen (secondary N) is 1. The van der Waals surface area contributed by atoms with E-state index in [4.69, 9.17) is 0 Å². The van der Waals surface area contributed by atoms with Crippen LogP contribution in [-0.2, 0) is 28.9 Å². The first-order chi connectivity index (χ1) is 14.9. The molecule has 0 heterocycles. The Bertz CT molecular complexity index is 1050. The molecule has 0 bridgehead atoms. The zero-order valence-electron chi connectivity index (χ0n) is 16.1. The summed E-state index contributed by atoms with van der Waals surface area (Å²) in [7, 11) is -1.73. The molecule has 32 heavy (non-hydrogen) atoms. The Hall–Kier alpha value is -3.14. The lowest BCUT2D eigenvalue weighted by atomic mass is 10.1. The van der Waals surface area contributed by atoms with E-state index < -0.39 is 40.2 Å². The van der Waals surface area contributed by atoms with E-state index in [2.05, 4.69) is 5.32 Å². The van der Waals surface area contributed by atoms with Gasteiger partial charge in [0.1, 0.15) is 0 Å². The number of carbonyl (C=O) groups is 1. The van der Waals surface area contributed by atoms with Crippen molar-refractivity contribution in [3.63, 3.8) is 0 Å². The lowest BCUT2D eigenvalue weighted by Crippen LogP contribution is -2.14. The van der Waals surface area contributed by atoms with Crippen LogP contribution in [0.15, 0.2) is 77.7 Å². The molecule has 1 N–H and O–H groups in total. The van der Waals surface area contributed by atoms with Crippen molar-refractivity contribution in [3.8, 4) is 0 Å². The van der Waals surface area contributed by atoms with Gasteiger partial charge in [-0.15, -0.1) is 0 Å². The molecule has 3 aromatic carbocycles. The first kappa shape index (κ1) is 23.5. The summed E-state index contributed by atoms with van der Waals surface area (Å²) in [6, 6.07) is 14.2. The van der Waals surface area contributed by atoms with Crippen molar-refractivity contribution in [1.29, 1.82) is 0 Å². The Balaban J connectivity index is 1.67. The van der Waals surface area contributed by atoms with E-state index in [1.807, 2.05) is 0 Å². The molecule has 0 aromatic heterocycles. The number of hydrogen-bond donors (Lipinski definition) is 1. The van der Waals surface area contributed by atoms with Crippen LogP contribution in [0.4, 0.5) is 32.0 Å². The molecular weight excluding hydrogens is 456 g/mol.